The fourth-order valence-electron chi connectivity index (χ4n) is 2.35. The van der Waals surface area contributed by atoms with Crippen LogP contribution in [0.5, 0.6) is 0 Å². The van der Waals surface area contributed by atoms with Crippen molar-refractivity contribution < 1.29 is 4.52 Å². The monoisotopic (exact) mass is 260 g/mol. The maximum Gasteiger partial charge on any atom is 0.240 e. The summed E-state index contributed by atoms with van der Waals surface area (Å²) in [5.74, 6) is 2.21. The van der Waals surface area contributed by atoms with Crippen molar-refractivity contribution in [3.8, 4) is 0 Å². The van der Waals surface area contributed by atoms with Gasteiger partial charge in [0.25, 0.3) is 0 Å². The quantitative estimate of drug-likeness (QED) is 0.883. The molecule has 1 aromatic heterocycles. The molecule has 0 spiro atoms. The summed E-state index contributed by atoms with van der Waals surface area (Å²) in [7, 11) is 2.01. The Morgan fingerprint density at radius 3 is 3.00 bits per heavy atom. The molecule has 0 saturated carbocycles. The molecular weight excluding hydrogens is 240 g/mol. The Hall–Kier alpha value is -0.650. The zero-order chi connectivity index (χ0) is 11.4. The number of nitrogens with one attached hydrogen (secondary N) is 1. The first-order chi connectivity index (χ1) is 7.78. The fourth-order valence-corrected chi connectivity index (χ4v) is 2.35. The van der Waals surface area contributed by atoms with Gasteiger partial charge in [-0.1, -0.05) is 5.16 Å². The zero-order valence-corrected chi connectivity index (χ0v) is 11.3. The second-order valence-corrected chi connectivity index (χ2v) is 4.54. The Balaban J connectivity index is 0.00000144. The lowest BCUT2D eigenvalue weighted by molar-refractivity contribution is 0.149. The van der Waals surface area contributed by atoms with Gasteiger partial charge in [0.05, 0.1) is 6.54 Å². The van der Waals surface area contributed by atoms with E-state index in [1.807, 2.05) is 14.0 Å². The van der Waals surface area contributed by atoms with Crippen LogP contribution in [0.4, 0.5) is 0 Å². The predicted molar refractivity (Wildman–Crippen MR) is 68.2 cm³/mol. The Labute approximate surface area is 108 Å². The van der Waals surface area contributed by atoms with Gasteiger partial charge in [-0.15, -0.1) is 12.4 Å². The maximum atomic E-state index is 5.14. The molecule has 1 N–H and O–H groups in total. The van der Waals surface area contributed by atoms with Gasteiger partial charge in [0.2, 0.25) is 5.89 Å². The van der Waals surface area contributed by atoms with Gasteiger partial charge in [0, 0.05) is 6.54 Å². The lowest BCUT2D eigenvalue weighted by Crippen LogP contribution is -2.38. The zero-order valence-electron chi connectivity index (χ0n) is 10.5. The minimum Gasteiger partial charge on any atom is -0.338 e. The molecule has 1 unspecified atom stereocenters. The van der Waals surface area contributed by atoms with Gasteiger partial charge >= 0.3 is 0 Å². The van der Waals surface area contributed by atoms with E-state index in [9.17, 15) is 0 Å². The van der Waals surface area contributed by atoms with Crippen molar-refractivity contribution in [1.29, 1.82) is 0 Å². The van der Waals surface area contributed by atoms with Crippen LogP contribution in [0.3, 0.4) is 0 Å². The van der Waals surface area contributed by atoms with Crippen LogP contribution in [0.15, 0.2) is 4.52 Å². The van der Waals surface area contributed by atoms with Crippen molar-refractivity contribution >= 4 is 12.4 Å². The minimum atomic E-state index is 0. The predicted octanol–water partition coefficient (Wildman–Crippen LogP) is 1.23. The van der Waals surface area contributed by atoms with Crippen LogP contribution in [0.25, 0.3) is 0 Å². The normalized spacial score (nSPS) is 21.2. The third-order valence-electron chi connectivity index (χ3n) is 3.02. The van der Waals surface area contributed by atoms with Crippen molar-refractivity contribution in [3.05, 3.63) is 11.7 Å². The van der Waals surface area contributed by atoms with E-state index in [4.69, 9.17) is 4.52 Å². The van der Waals surface area contributed by atoms with E-state index >= 15 is 0 Å². The molecule has 0 aromatic carbocycles. The summed E-state index contributed by atoms with van der Waals surface area (Å²) in [5.41, 5.74) is 0. The highest BCUT2D eigenvalue weighted by Crippen LogP contribution is 2.17. The van der Waals surface area contributed by atoms with E-state index in [1.54, 1.807) is 0 Å². The number of rotatable bonds is 4. The number of likely N-dealkylation sites (tertiary alicyclic amines) is 1. The summed E-state index contributed by atoms with van der Waals surface area (Å²) in [6, 6.07) is 0. The molecule has 98 valence electrons. The van der Waals surface area contributed by atoms with Gasteiger partial charge < -0.3 is 9.84 Å². The third kappa shape index (κ3) is 4.26. The van der Waals surface area contributed by atoms with Crippen LogP contribution < -0.4 is 5.32 Å². The summed E-state index contributed by atoms with van der Waals surface area (Å²) in [4.78, 5) is 6.64. The summed E-state index contributed by atoms with van der Waals surface area (Å²) in [6.45, 7) is 6.01. The first-order valence-corrected chi connectivity index (χ1v) is 5.94. The average Bonchev–Trinajstić information content (AvgIpc) is 2.65. The van der Waals surface area contributed by atoms with Gasteiger partial charge in [0.15, 0.2) is 5.82 Å². The molecule has 1 saturated heterocycles. The van der Waals surface area contributed by atoms with Gasteiger partial charge in [-0.25, -0.2) is 0 Å². The SMILES string of the molecule is CNCC1CCCN(Cc2nc(C)no2)C1.Cl. The molecule has 5 nitrogen and oxygen atoms in total. The molecule has 1 aromatic rings. The highest BCUT2D eigenvalue weighted by Gasteiger charge is 2.20. The van der Waals surface area contributed by atoms with Gasteiger partial charge in [0.1, 0.15) is 0 Å². The molecule has 1 aliphatic rings. The standard InChI is InChI=1S/C11H20N4O.ClH/c1-9-13-11(16-14-9)8-15-5-3-4-10(7-15)6-12-2;/h10,12H,3-8H2,1-2H3;1H. The molecular formula is C11H21ClN4O. The molecule has 17 heavy (non-hydrogen) atoms. The van der Waals surface area contributed by atoms with E-state index in [0.29, 0.717) is 0 Å². The number of nitrogens with zero attached hydrogens (tertiary/aromatic N) is 3. The maximum absolute atomic E-state index is 5.14. The smallest absolute Gasteiger partial charge is 0.240 e. The van der Waals surface area contributed by atoms with Gasteiger partial charge in [-0.3, -0.25) is 4.90 Å². The summed E-state index contributed by atoms with van der Waals surface area (Å²) in [6.07, 6.45) is 2.58. The molecule has 1 fully saturated rings. The van der Waals surface area contributed by atoms with Crippen LogP contribution in [0.1, 0.15) is 24.6 Å². The Morgan fingerprint density at radius 2 is 2.35 bits per heavy atom. The van der Waals surface area contributed by atoms with Crippen LogP contribution in [0.2, 0.25) is 0 Å². The first kappa shape index (κ1) is 14.4. The van der Waals surface area contributed by atoms with E-state index < -0.39 is 0 Å². The fraction of sp³-hybridized carbons (Fsp3) is 0.818. The molecule has 0 bridgehead atoms. The van der Waals surface area contributed by atoms with Crippen LogP contribution in [-0.2, 0) is 6.54 Å². The van der Waals surface area contributed by atoms with Crippen LogP contribution >= 0.6 is 12.4 Å². The van der Waals surface area contributed by atoms with Gasteiger partial charge in [-0.05, 0) is 45.8 Å². The summed E-state index contributed by atoms with van der Waals surface area (Å²) < 4.78 is 5.14. The average molecular weight is 261 g/mol. The Bertz CT molecular complexity index is 329. The first-order valence-electron chi connectivity index (χ1n) is 5.94. The van der Waals surface area contributed by atoms with E-state index in [-0.39, 0.29) is 12.4 Å². The third-order valence-corrected chi connectivity index (χ3v) is 3.02. The van der Waals surface area contributed by atoms with E-state index in [2.05, 4.69) is 20.4 Å². The summed E-state index contributed by atoms with van der Waals surface area (Å²) >= 11 is 0. The number of hydrogen-bond acceptors (Lipinski definition) is 5. The number of aryl methyl sites for hydroxylation is 1. The highest BCUT2D eigenvalue weighted by atomic mass is 35.5. The van der Waals surface area contributed by atoms with E-state index in [1.165, 1.54) is 12.8 Å². The number of hydrogen-bond donors (Lipinski definition) is 1. The van der Waals surface area contributed by atoms with Crippen molar-refractivity contribution in [2.45, 2.75) is 26.3 Å². The van der Waals surface area contributed by atoms with Gasteiger partial charge in [-0.2, -0.15) is 4.98 Å². The Kier molecular flexibility index (Phi) is 5.88. The Morgan fingerprint density at radius 1 is 1.53 bits per heavy atom. The van der Waals surface area contributed by atoms with Crippen molar-refractivity contribution in [3.63, 3.8) is 0 Å². The van der Waals surface area contributed by atoms with Crippen molar-refractivity contribution in [2.24, 2.45) is 5.92 Å². The highest BCUT2D eigenvalue weighted by molar-refractivity contribution is 5.85. The minimum absolute atomic E-state index is 0. The molecule has 2 heterocycles. The number of piperidine rings is 1. The second kappa shape index (κ2) is 6.93. The molecule has 0 amide bonds. The molecule has 6 heteroatoms. The van der Waals surface area contributed by atoms with E-state index in [0.717, 1.165) is 43.8 Å². The summed E-state index contributed by atoms with van der Waals surface area (Å²) in [5, 5.41) is 7.06. The molecule has 0 aliphatic carbocycles. The number of halogens is 1. The second-order valence-electron chi connectivity index (χ2n) is 4.54. The van der Waals surface area contributed by atoms with Crippen LogP contribution in [-0.4, -0.2) is 41.7 Å². The largest absolute Gasteiger partial charge is 0.338 e. The van der Waals surface area contributed by atoms with Crippen molar-refractivity contribution in [1.82, 2.24) is 20.4 Å². The number of aromatic nitrogens is 2. The lowest BCUT2D eigenvalue weighted by atomic mass is 9.98. The molecule has 2 rings (SSSR count). The van der Waals surface area contributed by atoms with Crippen molar-refractivity contribution in [2.75, 3.05) is 26.7 Å². The molecule has 0 radical (unpaired) electrons. The molecule has 1 aliphatic heterocycles. The lowest BCUT2D eigenvalue weighted by Gasteiger charge is -2.31. The van der Waals surface area contributed by atoms with Crippen LogP contribution in [0, 0.1) is 12.8 Å². The topological polar surface area (TPSA) is 54.2 Å². The molecule has 1 atom stereocenters.